The van der Waals surface area contributed by atoms with E-state index in [1.807, 2.05) is 0 Å². The van der Waals surface area contributed by atoms with Crippen molar-refractivity contribution in [3.05, 3.63) is 258 Å². The van der Waals surface area contributed by atoms with Crippen molar-refractivity contribution in [2.24, 2.45) is 40.9 Å². The molecule has 0 amide bonds. The van der Waals surface area contributed by atoms with E-state index >= 15 is 25.3 Å². The predicted molar refractivity (Wildman–Crippen MR) is 368 cm³/mol. The van der Waals surface area contributed by atoms with E-state index in [1.54, 1.807) is 0 Å². The highest BCUT2D eigenvalue weighted by Gasteiger charge is 2.62. The summed E-state index contributed by atoms with van der Waals surface area (Å²) < 4.78 is 149. The molecule has 6 aromatic carbocycles. The van der Waals surface area contributed by atoms with Crippen LogP contribution in [0, 0.1) is 0 Å². The van der Waals surface area contributed by atoms with Gasteiger partial charge in [-0.1, -0.05) is 117 Å². The number of azide groups is 8. The van der Waals surface area contributed by atoms with Gasteiger partial charge in [0.15, 0.2) is 23.0 Å². The van der Waals surface area contributed by atoms with Crippen molar-refractivity contribution in [1.82, 2.24) is 0 Å². The number of aromatic hydroxyl groups is 2. The first kappa shape index (κ1) is 75.4. The summed E-state index contributed by atoms with van der Waals surface area (Å²) in [5.41, 5.74) is 51.6. The molecule has 1 spiro atoms. The van der Waals surface area contributed by atoms with Crippen LogP contribution in [-0.2, 0) is 75.9 Å². The molecule has 1 atom stereocenters. The Hall–Kier alpha value is -15.3. The first-order chi connectivity index (χ1) is 52.4. The topological polar surface area (TPSA) is 741 Å². The number of allylic oxidation sites excluding steroid dienone is 4. The number of fused-ring (bicyclic) bond motifs is 8. The van der Waals surface area contributed by atoms with E-state index in [-0.39, 0.29) is 5.56 Å². The summed E-state index contributed by atoms with van der Waals surface area (Å²) in [7, 11) is -24.4. The Morgan fingerprint density at radius 1 is 0.333 bits per heavy atom. The van der Waals surface area contributed by atoms with Crippen molar-refractivity contribution in [3.8, 4) is 34.5 Å². The number of ketones is 8. The zero-order chi connectivity index (χ0) is 80.9. The molecule has 1 unspecified atom stereocenters. The number of rotatable bonds is 20. The molecular formula is C61H32N24O22S4. The van der Waals surface area contributed by atoms with Gasteiger partial charge in [-0.15, -0.1) is 0 Å². The smallest absolute Gasteiger partial charge is 0.340 e. The molecule has 6 aromatic rings. The van der Waals surface area contributed by atoms with Gasteiger partial charge in [-0.3, -0.25) is 38.4 Å². The lowest BCUT2D eigenvalue weighted by Gasteiger charge is -2.32. The maximum atomic E-state index is 16.1. The molecule has 0 heterocycles. The molecule has 0 bridgehead atoms. The van der Waals surface area contributed by atoms with Crippen molar-refractivity contribution in [3.63, 3.8) is 0 Å². The van der Waals surface area contributed by atoms with E-state index in [0.29, 0.717) is 24.3 Å². The fraction of sp³-hybridized carbons (Fsp3) is 0.148. The number of phenols is 2. The van der Waals surface area contributed by atoms with Crippen LogP contribution >= 0.6 is 0 Å². The third-order valence-electron chi connectivity index (χ3n) is 18.0. The second-order valence-corrected chi connectivity index (χ2v) is 31.0. The van der Waals surface area contributed by atoms with Crippen LogP contribution in [0.2, 0.25) is 0 Å². The van der Waals surface area contributed by atoms with Gasteiger partial charge in [0.2, 0.25) is 57.8 Å². The molecule has 0 radical (unpaired) electrons. The molecule has 12 rings (SSSR count). The van der Waals surface area contributed by atoms with Gasteiger partial charge in [-0.25, -0.2) is 0 Å². The van der Waals surface area contributed by atoms with Crippen LogP contribution in [-0.4, -0.2) is 90.2 Å². The number of carbonyl (C=O) groups is 8. The monoisotopic (exact) mass is 1580 g/mol. The third-order valence-corrected chi connectivity index (χ3v) is 23.1. The highest BCUT2D eigenvalue weighted by atomic mass is 32.2. The van der Waals surface area contributed by atoms with Crippen molar-refractivity contribution in [2.75, 3.05) is 0 Å². The lowest BCUT2D eigenvalue weighted by atomic mass is 9.72. The highest BCUT2D eigenvalue weighted by Crippen LogP contribution is 2.70. The number of Topliss-reactive ketones (excluding diaryl/α,β-unsaturated/α-hetero) is 8. The summed E-state index contributed by atoms with van der Waals surface area (Å²) >= 11 is 0. The molecule has 50 heteroatoms. The Morgan fingerprint density at radius 3 is 0.883 bits per heavy atom. The molecule has 0 aromatic heterocycles. The number of hydrogen-bond donors (Lipinski definition) is 2. The fourth-order valence-corrected chi connectivity index (χ4v) is 18.7. The summed E-state index contributed by atoms with van der Waals surface area (Å²) in [6.07, 6.45) is -1.26. The van der Waals surface area contributed by atoms with E-state index < -0.39 is 277 Å². The lowest BCUT2D eigenvalue weighted by molar-refractivity contribution is -0.112. The summed E-state index contributed by atoms with van der Waals surface area (Å²) in [6.45, 7) is 5.48. The Labute approximate surface area is 615 Å². The molecule has 2 N–H and O–H groups in total. The zero-order valence-corrected chi connectivity index (χ0v) is 58.7. The number of benzene rings is 6. The van der Waals surface area contributed by atoms with Gasteiger partial charge in [0, 0.05) is 100 Å². The molecule has 0 fully saturated rings. The van der Waals surface area contributed by atoms with E-state index in [1.165, 1.54) is 27.7 Å². The van der Waals surface area contributed by atoms with Crippen LogP contribution in [0.15, 0.2) is 168 Å². The Kier molecular flexibility index (Phi) is 18.1. The largest absolute Gasteiger partial charge is 0.504 e. The molecule has 0 aliphatic heterocycles. The average molecular weight is 1580 g/mol. The molecule has 46 nitrogen and oxygen atoms in total. The summed E-state index contributed by atoms with van der Waals surface area (Å²) in [4.78, 5) is 124. The van der Waals surface area contributed by atoms with Crippen LogP contribution in [0.25, 0.3) is 106 Å². The van der Waals surface area contributed by atoms with E-state index in [9.17, 15) is 101 Å². The second-order valence-electron chi connectivity index (χ2n) is 25.0. The maximum Gasteiger partial charge on any atom is 0.340 e. The first-order valence-electron chi connectivity index (χ1n) is 30.2. The van der Waals surface area contributed by atoms with Gasteiger partial charge < -0.3 is 26.9 Å². The van der Waals surface area contributed by atoms with Gasteiger partial charge in [-0.05, 0) is 115 Å². The van der Waals surface area contributed by atoms with Crippen LogP contribution in [0.4, 0.5) is 0 Å². The number of phenolic OH excluding ortho intramolecular Hbond substituents is 2. The summed E-state index contributed by atoms with van der Waals surface area (Å²) in [5, 5.41) is 51.2. The number of hydrogen-bond acceptors (Lipinski definition) is 30. The molecule has 111 heavy (non-hydrogen) atoms. The molecule has 6 aliphatic rings. The first-order valence-corrected chi connectivity index (χ1v) is 35.9. The van der Waals surface area contributed by atoms with Crippen molar-refractivity contribution >= 4 is 110 Å². The van der Waals surface area contributed by atoms with Gasteiger partial charge in [-0.2, -0.15) is 33.7 Å². The quantitative estimate of drug-likeness (QED) is 0.0179. The van der Waals surface area contributed by atoms with Crippen molar-refractivity contribution in [2.45, 2.75) is 76.4 Å². The minimum atomic E-state index is -6.33. The second kappa shape index (κ2) is 26.6. The Morgan fingerprint density at radius 2 is 0.586 bits per heavy atom. The van der Waals surface area contributed by atoms with Crippen LogP contribution < -0.4 is 16.7 Å². The summed E-state index contributed by atoms with van der Waals surface area (Å²) in [6, 6.07) is 10.7. The van der Waals surface area contributed by atoms with Crippen molar-refractivity contribution < 1.29 is 99.0 Å². The molecule has 0 saturated carbocycles. The van der Waals surface area contributed by atoms with Crippen molar-refractivity contribution in [1.29, 1.82) is 0 Å². The Balaban J connectivity index is 1.21. The van der Waals surface area contributed by atoms with E-state index in [2.05, 4.69) is 80.2 Å². The van der Waals surface area contributed by atoms with E-state index in [0.717, 1.165) is 60.7 Å². The Bertz CT molecular complexity index is 6730. The highest BCUT2D eigenvalue weighted by molar-refractivity contribution is 7.88. The number of nitrogens with zero attached hydrogens (tertiary/aromatic N) is 24. The minimum Gasteiger partial charge on any atom is -0.504 e. The maximum absolute atomic E-state index is 16.1. The van der Waals surface area contributed by atoms with Gasteiger partial charge in [0.25, 0.3) is 0 Å². The third kappa shape index (κ3) is 11.6. The van der Waals surface area contributed by atoms with Crippen LogP contribution in [0.3, 0.4) is 0 Å². The van der Waals surface area contributed by atoms with Crippen LogP contribution in [0.5, 0.6) is 34.5 Å². The van der Waals surface area contributed by atoms with Gasteiger partial charge in [0.05, 0.1) is 45.6 Å². The lowest BCUT2D eigenvalue weighted by Crippen LogP contribution is -2.29. The SMILES string of the molecule is CC1(C)CC2(CC(C)(C)c3cc(OS(=O)(=O)c4cccc5c4C(N=[N+]=[N-])=C(N=[N+]=[N-])C(=O)C5=O)c(OS(=O)(=O)c4cccc5c4C(N=[N+]=[N-])=C(N=[N+]=[N-])C(=O)C5=O)c(OS(=O)(=O)c4cccc5c4C(N=[N+]=[N-])=C(N=[N+]=[N-])C(=O)C5=O)c32)c2c1cc(OS(=O)(=O)c1cccc3c1C(N=[N+]=[N-])=C(N=[N+]=[N-])C(=O)C3=O)c(O)c2O. The molecular weight excluding hydrogens is 1550 g/mol. The predicted octanol–water partition coefficient (Wildman–Crippen LogP) is 12.0. The standard InChI is InChI=1S/C61H32N24O22S4/c1-59(2)19-61(37-25(59)17-27(51(90)52(37)91)104-108(96,97)29-13-5-9-21-33(29)39(70-78-62)43(74-82-66)53(92)47(21)86)20-60(3,4)26-18-28(105-109(98,99)30-14-6-10-22-34(30)40(71-79-63)44(75-83-67)54(93)48(22)87)57(106-110(100,101)31-15-7-11-23-35(31)41(72-80-64)45(76-84-68)55(94)49(23)88)58(38(26)61)107-111(102,103)32-16-8-12-24-36(32)42(73-81-65)46(77-85-69)56(95)50(24)89/h5-18,90-91H,19-20H2,1-4H3. The molecule has 6 aliphatic carbocycles. The van der Waals surface area contributed by atoms with Gasteiger partial charge in [0.1, 0.15) is 19.6 Å². The fourth-order valence-electron chi connectivity index (χ4n) is 14.1. The van der Waals surface area contributed by atoms with Gasteiger partial charge >= 0.3 is 40.5 Å². The van der Waals surface area contributed by atoms with E-state index in [4.69, 9.17) is 16.7 Å². The normalized spacial score (nSPS) is 17.1. The van der Waals surface area contributed by atoms with Crippen LogP contribution in [0.1, 0.15) is 126 Å². The minimum absolute atomic E-state index is 0.293. The molecule has 0 saturated heterocycles. The zero-order valence-electron chi connectivity index (χ0n) is 55.4. The molecule has 552 valence electrons. The summed E-state index contributed by atoms with van der Waals surface area (Å²) in [5.74, 6) is -22.1. The number of carbonyl (C=O) groups excluding carboxylic acids is 8. The average Bonchev–Trinajstić information content (AvgIpc) is 1.51.